The fourth-order valence-electron chi connectivity index (χ4n) is 5.00. The number of anilines is 1. The second-order valence-corrected chi connectivity index (χ2v) is 9.92. The molecule has 4 heteroatoms. The van der Waals surface area contributed by atoms with Crippen LogP contribution in [0.25, 0.3) is 16.3 Å². The maximum atomic E-state index is 13.5. The second kappa shape index (κ2) is 6.98. The van der Waals surface area contributed by atoms with Crippen LogP contribution in [0.5, 0.6) is 5.75 Å². The van der Waals surface area contributed by atoms with Crippen molar-refractivity contribution in [3.8, 4) is 5.75 Å². The normalized spacial score (nSPS) is 19.9. The first-order valence-electron chi connectivity index (χ1n) is 10.3. The number of hydrogen-bond donors (Lipinski definition) is 1. The summed E-state index contributed by atoms with van der Waals surface area (Å²) in [4.78, 5) is 13.5. The Bertz CT molecular complexity index is 1220. The Morgan fingerprint density at radius 1 is 1.07 bits per heavy atom. The van der Waals surface area contributed by atoms with Crippen LogP contribution in [0, 0.1) is 5.41 Å². The molecule has 0 aromatic heterocycles. The first kappa shape index (κ1) is 19.4. The summed E-state index contributed by atoms with van der Waals surface area (Å²) in [5.41, 5.74) is 5.22. The van der Waals surface area contributed by atoms with E-state index in [-0.39, 0.29) is 17.2 Å². The molecule has 152 valence electrons. The van der Waals surface area contributed by atoms with Crippen molar-refractivity contribution in [2.75, 3.05) is 12.4 Å². The lowest BCUT2D eigenvalue weighted by Gasteiger charge is -2.40. The van der Waals surface area contributed by atoms with E-state index in [0.717, 1.165) is 33.5 Å². The summed E-state index contributed by atoms with van der Waals surface area (Å²) in [7, 11) is 1.68. The van der Waals surface area contributed by atoms with Crippen LogP contribution in [-0.4, -0.2) is 12.9 Å². The summed E-state index contributed by atoms with van der Waals surface area (Å²) in [6.45, 7) is 4.38. The van der Waals surface area contributed by atoms with Crippen molar-refractivity contribution in [3.63, 3.8) is 0 Å². The molecular formula is C26H24BrNO2. The molecule has 0 radical (unpaired) electrons. The number of Topliss-reactive ketones (excluding diaryl/α,β-unsaturated/α-hetero) is 1. The maximum absolute atomic E-state index is 13.5. The third kappa shape index (κ3) is 3.05. The smallest absolute Gasteiger partial charge is 0.162 e. The fraction of sp³-hybridized carbons (Fsp3) is 0.269. The molecule has 5 rings (SSSR count). The van der Waals surface area contributed by atoms with Gasteiger partial charge in [-0.15, -0.1) is 0 Å². The van der Waals surface area contributed by atoms with E-state index in [2.05, 4.69) is 77.6 Å². The predicted molar refractivity (Wildman–Crippen MR) is 126 cm³/mol. The highest BCUT2D eigenvalue weighted by molar-refractivity contribution is 9.10. The summed E-state index contributed by atoms with van der Waals surface area (Å²) in [5.74, 6) is 1.00. The Labute approximate surface area is 185 Å². The topological polar surface area (TPSA) is 38.3 Å². The van der Waals surface area contributed by atoms with Gasteiger partial charge < -0.3 is 10.1 Å². The fourth-order valence-corrected chi connectivity index (χ4v) is 5.38. The zero-order valence-corrected chi connectivity index (χ0v) is 19.0. The molecule has 1 aliphatic heterocycles. The average Bonchev–Trinajstić information content (AvgIpc) is 2.71. The number of rotatable bonds is 2. The minimum atomic E-state index is -0.232. The molecule has 0 fully saturated rings. The van der Waals surface area contributed by atoms with Crippen molar-refractivity contribution >= 4 is 43.7 Å². The van der Waals surface area contributed by atoms with Crippen molar-refractivity contribution < 1.29 is 9.53 Å². The van der Waals surface area contributed by atoms with Crippen LogP contribution in [0.15, 0.2) is 64.6 Å². The number of fused-ring (bicyclic) bond motifs is 4. The standard InChI is InChI=1S/C26H24BrNO2/c1-26(2)13-19-23-17-7-5-4-6-15(17)8-10-20(23)28-25(24(19)21(29)14-26)18-12-16(27)9-11-22(18)30-3/h4-12,25,28H,13-14H2,1-3H3/t25-/m1/s1. The monoisotopic (exact) mass is 461 g/mol. The molecule has 0 spiro atoms. The van der Waals surface area contributed by atoms with Crippen LogP contribution < -0.4 is 10.1 Å². The summed E-state index contributed by atoms with van der Waals surface area (Å²) in [5, 5.41) is 6.07. The predicted octanol–water partition coefficient (Wildman–Crippen LogP) is 6.92. The van der Waals surface area contributed by atoms with Gasteiger partial charge in [0.05, 0.1) is 13.2 Å². The van der Waals surface area contributed by atoms with Crippen LogP contribution in [0.3, 0.4) is 0 Å². The Morgan fingerprint density at radius 3 is 2.67 bits per heavy atom. The first-order chi connectivity index (χ1) is 14.4. The van der Waals surface area contributed by atoms with Gasteiger partial charge in [0.25, 0.3) is 0 Å². The molecule has 3 aromatic carbocycles. The molecule has 1 aliphatic carbocycles. The lowest BCUT2D eigenvalue weighted by molar-refractivity contribution is -0.118. The van der Waals surface area contributed by atoms with Crippen LogP contribution >= 0.6 is 15.9 Å². The van der Waals surface area contributed by atoms with Crippen LogP contribution in [0.1, 0.15) is 43.9 Å². The molecule has 1 heterocycles. The SMILES string of the molecule is COc1ccc(Br)cc1[C@H]1Nc2ccc3ccccc3c2C2=C1C(=O)CC(C)(C)C2. The summed E-state index contributed by atoms with van der Waals surface area (Å²) >= 11 is 3.59. The van der Waals surface area contributed by atoms with E-state index in [1.165, 1.54) is 21.9 Å². The van der Waals surface area contributed by atoms with Crippen LogP contribution in [0.4, 0.5) is 5.69 Å². The van der Waals surface area contributed by atoms with Gasteiger partial charge in [0, 0.05) is 33.3 Å². The van der Waals surface area contributed by atoms with Gasteiger partial charge in [-0.05, 0) is 52.4 Å². The van der Waals surface area contributed by atoms with E-state index in [4.69, 9.17) is 4.74 Å². The van der Waals surface area contributed by atoms with Gasteiger partial charge in [0.2, 0.25) is 0 Å². The van der Waals surface area contributed by atoms with Crippen molar-refractivity contribution in [1.82, 2.24) is 0 Å². The van der Waals surface area contributed by atoms with Crippen LogP contribution in [0.2, 0.25) is 0 Å². The highest BCUT2D eigenvalue weighted by atomic mass is 79.9. The third-order valence-electron chi connectivity index (χ3n) is 6.24. The minimum Gasteiger partial charge on any atom is -0.496 e. The van der Waals surface area contributed by atoms with Gasteiger partial charge in [-0.1, -0.05) is 60.1 Å². The number of hydrogen-bond acceptors (Lipinski definition) is 3. The largest absolute Gasteiger partial charge is 0.496 e. The molecule has 3 nitrogen and oxygen atoms in total. The number of benzene rings is 3. The zero-order chi connectivity index (χ0) is 21.0. The molecule has 2 aliphatic rings. The number of methoxy groups -OCH3 is 1. The Hall–Kier alpha value is -2.59. The van der Waals surface area contributed by atoms with E-state index >= 15 is 0 Å². The highest BCUT2D eigenvalue weighted by Gasteiger charge is 2.41. The van der Waals surface area contributed by atoms with Crippen LogP contribution in [-0.2, 0) is 4.79 Å². The van der Waals surface area contributed by atoms with Crippen molar-refractivity contribution in [2.45, 2.75) is 32.7 Å². The molecule has 0 saturated heterocycles. The molecule has 1 N–H and O–H groups in total. The van der Waals surface area contributed by atoms with Crippen molar-refractivity contribution in [3.05, 3.63) is 75.8 Å². The molecule has 0 saturated carbocycles. The minimum absolute atomic E-state index is 0.0621. The summed E-state index contributed by atoms with van der Waals surface area (Å²) in [6, 6.07) is 18.5. The number of halogens is 1. The second-order valence-electron chi connectivity index (χ2n) is 9.01. The van der Waals surface area contributed by atoms with Gasteiger partial charge in [-0.25, -0.2) is 0 Å². The molecule has 30 heavy (non-hydrogen) atoms. The van der Waals surface area contributed by atoms with E-state index in [1.54, 1.807) is 7.11 Å². The van der Waals surface area contributed by atoms with Gasteiger partial charge in [-0.2, -0.15) is 0 Å². The number of ketones is 1. The van der Waals surface area contributed by atoms with Gasteiger partial charge in [0.15, 0.2) is 5.78 Å². The Kier molecular flexibility index (Phi) is 4.51. The van der Waals surface area contributed by atoms with E-state index in [9.17, 15) is 4.79 Å². The van der Waals surface area contributed by atoms with Crippen molar-refractivity contribution in [2.24, 2.45) is 5.41 Å². The average molecular weight is 462 g/mol. The van der Waals surface area contributed by atoms with Gasteiger partial charge >= 0.3 is 0 Å². The highest BCUT2D eigenvalue weighted by Crippen LogP contribution is 2.53. The quantitative estimate of drug-likeness (QED) is 0.449. The summed E-state index contributed by atoms with van der Waals surface area (Å²) in [6.07, 6.45) is 1.43. The molecule has 3 aromatic rings. The van der Waals surface area contributed by atoms with Gasteiger partial charge in [0.1, 0.15) is 5.75 Å². The molecule has 0 unspecified atom stereocenters. The third-order valence-corrected chi connectivity index (χ3v) is 6.74. The molecule has 0 bridgehead atoms. The maximum Gasteiger partial charge on any atom is 0.162 e. The molecule has 1 atom stereocenters. The van der Waals surface area contributed by atoms with E-state index in [0.29, 0.717) is 6.42 Å². The lowest BCUT2D eigenvalue weighted by atomic mass is 9.68. The number of carbonyl (C=O) groups is 1. The number of carbonyl (C=O) groups excluding carboxylic acids is 1. The molecular weight excluding hydrogens is 438 g/mol. The summed E-state index contributed by atoms with van der Waals surface area (Å²) < 4.78 is 6.64. The Balaban J connectivity index is 1.82. The number of nitrogens with one attached hydrogen (secondary N) is 1. The van der Waals surface area contributed by atoms with Crippen molar-refractivity contribution in [1.29, 1.82) is 0 Å². The zero-order valence-electron chi connectivity index (χ0n) is 17.4. The lowest BCUT2D eigenvalue weighted by Crippen LogP contribution is -2.33. The van der Waals surface area contributed by atoms with Gasteiger partial charge in [-0.3, -0.25) is 4.79 Å². The first-order valence-corrected chi connectivity index (χ1v) is 11.1. The molecule has 0 amide bonds. The van der Waals surface area contributed by atoms with E-state index < -0.39 is 0 Å². The van der Waals surface area contributed by atoms with E-state index in [1.807, 2.05) is 12.1 Å². The number of ether oxygens (including phenoxy) is 1. The Morgan fingerprint density at radius 2 is 1.87 bits per heavy atom. The number of allylic oxidation sites excluding steroid dienone is 1.